The van der Waals surface area contributed by atoms with Crippen molar-refractivity contribution in [1.29, 1.82) is 0 Å². The quantitative estimate of drug-likeness (QED) is 0.578. The maximum absolute atomic E-state index is 12.6. The molecule has 0 heterocycles. The number of esters is 1. The van der Waals surface area contributed by atoms with Crippen molar-refractivity contribution in [3.63, 3.8) is 0 Å². The molecule has 0 atom stereocenters. The maximum Gasteiger partial charge on any atom is 0.340 e. The van der Waals surface area contributed by atoms with Crippen molar-refractivity contribution < 1.29 is 19.1 Å². The Hall–Kier alpha value is -2.95. The summed E-state index contributed by atoms with van der Waals surface area (Å²) in [6.07, 6.45) is 0. The first kappa shape index (κ1) is 14.0. The Balaban J connectivity index is 2.21. The highest BCUT2D eigenvalue weighted by molar-refractivity contribution is 6.30. The molecule has 0 aromatic heterocycles. The number of nitrogens with two attached hydrogens (primary N) is 1. The normalized spacial score (nSPS) is 12.6. The van der Waals surface area contributed by atoms with E-state index in [9.17, 15) is 14.4 Å². The molecule has 0 aliphatic heterocycles. The molecule has 1 aliphatic rings. The van der Waals surface area contributed by atoms with Crippen molar-refractivity contribution in [1.82, 2.24) is 0 Å². The van der Waals surface area contributed by atoms with Crippen LogP contribution in [0.25, 0.3) is 0 Å². The van der Waals surface area contributed by atoms with Crippen LogP contribution in [0.5, 0.6) is 0 Å². The monoisotopic (exact) mass is 295 g/mol. The molecule has 0 bridgehead atoms. The van der Waals surface area contributed by atoms with Gasteiger partial charge in [-0.2, -0.15) is 0 Å². The fourth-order valence-electron chi connectivity index (χ4n) is 2.60. The number of ether oxygens (including phenoxy) is 1. The Morgan fingerprint density at radius 2 is 1.64 bits per heavy atom. The minimum absolute atomic E-state index is 0.0104. The SMILES string of the molecule is CCOC(=O)c1ccc2c(c1N)C(=O)c1ccccc1C2=O. The van der Waals surface area contributed by atoms with E-state index in [4.69, 9.17) is 10.5 Å². The number of carbonyl (C=O) groups excluding carboxylic acids is 3. The van der Waals surface area contributed by atoms with Crippen LogP contribution in [0.2, 0.25) is 0 Å². The first-order valence-electron chi connectivity index (χ1n) is 6.84. The van der Waals surface area contributed by atoms with Gasteiger partial charge in [0.2, 0.25) is 0 Å². The van der Waals surface area contributed by atoms with Crippen molar-refractivity contribution in [2.45, 2.75) is 6.92 Å². The van der Waals surface area contributed by atoms with Crippen LogP contribution in [0.15, 0.2) is 36.4 Å². The average molecular weight is 295 g/mol. The van der Waals surface area contributed by atoms with Gasteiger partial charge in [0, 0.05) is 16.7 Å². The van der Waals surface area contributed by atoms with Crippen LogP contribution in [0.3, 0.4) is 0 Å². The van der Waals surface area contributed by atoms with E-state index < -0.39 is 5.97 Å². The molecule has 0 radical (unpaired) electrons. The fourth-order valence-corrected chi connectivity index (χ4v) is 2.60. The number of hydrogen-bond acceptors (Lipinski definition) is 5. The van der Waals surface area contributed by atoms with Crippen molar-refractivity contribution in [3.05, 3.63) is 64.2 Å². The van der Waals surface area contributed by atoms with Crippen LogP contribution in [0, 0.1) is 0 Å². The molecule has 22 heavy (non-hydrogen) atoms. The third-order valence-electron chi connectivity index (χ3n) is 3.63. The molecule has 2 N–H and O–H groups in total. The van der Waals surface area contributed by atoms with Crippen LogP contribution in [-0.4, -0.2) is 24.1 Å². The van der Waals surface area contributed by atoms with Gasteiger partial charge in [-0.05, 0) is 19.1 Å². The van der Waals surface area contributed by atoms with E-state index in [0.717, 1.165) is 0 Å². The number of fused-ring (bicyclic) bond motifs is 2. The average Bonchev–Trinajstić information content (AvgIpc) is 2.52. The van der Waals surface area contributed by atoms with Gasteiger partial charge in [-0.15, -0.1) is 0 Å². The van der Waals surface area contributed by atoms with Crippen LogP contribution < -0.4 is 5.73 Å². The number of anilines is 1. The minimum atomic E-state index is -0.609. The summed E-state index contributed by atoms with van der Waals surface area (Å²) < 4.78 is 4.92. The second kappa shape index (κ2) is 5.11. The zero-order valence-electron chi connectivity index (χ0n) is 11.9. The van der Waals surface area contributed by atoms with Gasteiger partial charge in [-0.3, -0.25) is 9.59 Å². The molecule has 0 amide bonds. The highest BCUT2D eigenvalue weighted by Gasteiger charge is 2.32. The molecule has 2 aromatic carbocycles. The van der Waals surface area contributed by atoms with Crippen molar-refractivity contribution in [2.24, 2.45) is 0 Å². The highest BCUT2D eigenvalue weighted by Crippen LogP contribution is 2.32. The van der Waals surface area contributed by atoms with Gasteiger partial charge in [0.25, 0.3) is 0 Å². The third-order valence-corrected chi connectivity index (χ3v) is 3.63. The van der Waals surface area contributed by atoms with E-state index in [1.54, 1.807) is 31.2 Å². The lowest BCUT2D eigenvalue weighted by Crippen LogP contribution is -2.24. The number of benzene rings is 2. The molecule has 110 valence electrons. The Morgan fingerprint density at radius 1 is 1.00 bits per heavy atom. The third kappa shape index (κ3) is 1.90. The minimum Gasteiger partial charge on any atom is -0.462 e. The van der Waals surface area contributed by atoms with Crippen molar-refractivity contribution in [2.75, 3.05) is 12.3 Å². The molecule has 0 unspecified atom stereocenters. The van der Waals surface area contributed by atoms with Crippen molar-refractivity contribution in [3.8, 4) is 0 Å². The van der Waals surface area contributed by atoms with Crippen molar-refractivity contribution >= 4 is 23.2 Å². The summed E-state index contributed by atoms with van der Waals surface area (Å²) >= 11 is 0. The smallest absolute Gasteiger partial charge is 0.340 e. The molecule has 0 spiro atoms. The zero-order chi connectivity index (χ0) is 15.9. The second-order valence-electron chi connectivity index (χ2n) is 4.87. The summed E-state index contributed by atoms with van der Waals surface area (Å²) in [6.45, 7) is 1.88. The maximum atomic E-state index is 12.6. The lowest BCUT2D eigenvalue weighted by Gasteiger charge is -2.20. The van der Waals surface area contributed by atoms with E-state index in [1.165, 1.54) is 12.1 Å². The Labute approximate surface area is 126 Å². The number of hydrogen-bond donors (Lipinski definition) is 1. The summed E-state index contributed by atoms with van der Waals surface area (Å²) in [6, 6.07) is 9.44. The molecule has 0 fully saturated rings. The van der Waals surface area contributed by atoms with Gasteiger partial charge >= 0.3 is 5.97 Å². The van der Waals surface area contributed by atoms with E-state index in [-0.39, 0.29) is 40.6 Å². The lowest BCUT2D eigenvalue weighted by molar-refractivity contribution is 0.0527. The summed E-state index contributed by atoms with van der Waals surface area (Å²) in [7, 11) is 0. The Bertz CT molecular complexity index is 823. The number of ketones is 2. The van der Waals surface area contributed by atoms with E-state index in [0.29, 0.717) is 11.1 Å². The predicted octanol–water partition coefficient (Wildman–Crippen LogP) is 2.22. The zero-order valence-corrected chi connectivity index (χ0v) is 11.9. The number of rotatable bonds is 2. The molecule has 0 saturated heterocycles. The van der Waals surface area contributed by atoms with Crippen LogP contribution in [-0.2, 0) is 4.74 Å². The molecular formula is C17H13NO4. The first-order chi connectivity index (χ1) is 10.6. The molecule has 3 rings (SSSR count). The topological polar surface area (TPSA) is 86.5 Å². The molecular weight excluding hydrogens is 282 g/mol. The highest BCUT2D eigenvalue weighted by atomic mass is 16.5. The number of carbonyl (C=O) groups is 3. The van der Waals surface area contributed by atoms with E-state index in [2.05, 4.69) is 0 Å². The van der Waals surface area contributed by atoms with E-state index >= 15 is 0 Å². The van der Waals surface area contributed by atoms with Crippen LogP contribution in [0.4, 0.5) is 5.69 Å². The summed E-state index contributed by atoms with van der Waals surface area (Å²) in [5.41, 5.74) is 7.00. The van der Waals surface area contributed by atoms with Crippen LogP contribution >= 0.6 is 0 Å². The van der Waals surface area contributed by atoms with Crippen LogP contribution in [0.1, 0.15) is 49.1 Å². The molecule has 0 saturated carbocycles. The Morgan fingerprint density at radius 3 is 2.27 bits per heavy atom. The largest absolute Gasteiger partial charge is 0.462 e. The van der Waals surface area contributed by atoms with Gasteiger partial charge in [-0.25, -0.2) is 4.79 Å². The predicted molar refractivity (Wildman–Crippen MR) is 80.1 cm³/mol. The standard InChI is InChI=1S/C17H13NO4/c1-2-22-17(21)12-8-7-11-13(14(12)18)16(20)10-6-4-3-5-9(10)15(11)19/h3-8H,2,18H2,1H3. The van der Waals surface area contributed by atoms with E-state index in [1.807, 2.05) is 0 Å². The second-order valence-corrected chi connectivity index (χ2v) is 4.87. The van der Waals surface area contributed by atoms with Gasteiger partial charge in [-0.1, -0.05) is 24.3 Å². The molecule has 1 aliphatic carbocycles. The summed E-state index contributed by atoms with van der Waals surface area (Å²) in [4.78, 5) is 37.0. The Kier molecular flexibility index (Phi) is 3.25. The van der Waals surface area contributed by atoms with Gasteiger partial charge in [0.15, 0.2) is 11.6 Å². The van der Waals surface area contributed by atoms with Gasteiger partial charge in [0.1, 0.15) is 0 Å². The van der Waals surface area contributed by atoms with Gasteiger partial charge in [0.05, 0.1) is 23.4 Å². The summed E-state index contributed by atoms with van der Waals surface area (Å²) in [5.74, 6) is -1.23. The lowest BCUT2D eigenvalue weighted by atomic mass is 9.82. The summed E-state index contributed by atoms with van der Waals surface area (Å²) in [5, 5.41) is 0. The first-order valence-corrected chi connectivity index (χ1v) is 6.84. The number of nitrogen functional groups attached to an aromatic ring is 1. The van der Waals surface area contributed by atoms with Gasteiger partial charge < -0.3 is 10.5 Å². The molecule has 2 aromatic rings. The fraction of sp³-hybridized carbons (Fsp3) is 0.118. The molecule has 5 nitrogen and oxygen atoms in total. The molecule has 5 heteroatoms.